The van der Waals surface area contributed by atoms with Crippen LogP contribution in [0.4, 0.5) is 0 Å². The van der Waals surface area contributed by atoms with Crippen molar-refractivity contribution in [3.63, 3.8) is 0 Å². The van der Waals surface area contributed by atoms with Gasteiger partial charge in [-0.3, -0.25) is 4.79 Å². The van der Waals surface area contributed by atoms with E-state index in [-0.39, 0.29) is 18.9 Å². The molecule has 3 rings (SSSR count). The van der Waals surface area contributed by atoms with Gasteiger partial charge in [-0.25, -0.2) is 8.42 Å². The van der Waals surface area contributed by atoms with Crippen LogP contribution in [0.1, 0.15) is 19.3 Å². The normalized spacial score (nSPS) is 16.9. The molecule has 1 aliphatic heterocycles. The third-order valence-corrected chi connectivity index (χ3v) is 7.39. The van der Waals surface area contributed by atoms with Crippen LogP contribution in [0, 0.1) is 5.92 Å². The minimum atomic E-state index is -3.54. The third kappa shape index (κ3) is 5.46. The summed E-state index contributed by atoms with van der Waals surface area (Å²) in [4.78, 5) is 12.1. The fraction of sp³-hybridized carbons (Fsp3) is 0.409. The molecule has 1 atom stereocenters. The number of nitrogens with zero attached hydrogens (tertiary/aromatic N) is 1. The van der Waals surface area contributed by atoms with Crippen LogP contribution in [-0.2, 0) is 14.8 Å². The Labute approximate surface area is 177 Å². The Balaban J connectivity index is 1.55. The Hall–Kier alpha value is -2.26. The van der Waals surface area contributed by atoms with Crippen molar-refractivity contribution in [1.82, 2.24) is 9.62 Å². The summed E-state index contributed by atoms with van der Waals surface area (Å²) in [5.74, 6) is -0.236. The largest absolute Gasteiger partial charge is 0.383 e. The smallest absolute Gasteiger partial charge is 0.248 e. The van der Waals surface area contributed by atoms with Gasteiger partial charge >= 0.3 is 0 Å². The van der Waals surface area contributed by atoms with Crippen LogP contribution in [0.15, 0.2) is 59.5 Å². The minimum Gasteiger partial charge on any atom is -0.383 e. The van der Waals surface area contributed by atoms with Crippen molar-refractivity contribution in [3.05, 3.63) is 54.6 Å². The van der Waals surface area contributed by atoms with Gasteiger partial charge in [0.15, 0.2) is 0 Å². The molecule has 0 aromatic heterocycles. The minimum absolute atomic E-state index is 0.186. The molecule has 0 radical (unpaired) electrons. The lowest BCUT2D eigenvalue weighted by Crippen LogP contribution is -2.43. The first-order valence-electron chi connectivity index (χ1n) is 10.2. The summed E-state index contributed by atoms with van der Waals surface area (Å²) in [6, 6.07) is 16.8. The van der Waals surface area contributed by atoms with Crippen LogP contribution in [0.3, 0.4) is 0 Å². The van der Waals surface area contributed by atoms with Crippen molar-refractivity contribution >= 4 is 15.9 Å². The zero-order valence-electron chi connectivity index (χ0n) is 16.9. The van der Waals surface area contributed by atoms with Gasteiger partial charge in [-0.1, -0.05) is 42.5 Å². The fourth-order valence-corrected chi connectivity index (χ4v) is 5.07. The van der Waals surface area contributed by atoms with Crippen LogP contribution in [0.2, 0.25) is 0 Å². The van der Waals surface area contributed by atoms with Gasteiger partial charge in [-0.15, -0.1) is 0 Å². The monoisotopic (exact) mass is 431 g/mol. The van der Waals surface area contributed by atoms with Crippen LogP contribution >= 0.6 is 0 Å². The molecule has 1 aliphatic rings. The standard InChI is InChI=1S/C22H29N3O4S/c23-13-10-21(26)22(27)24-16-17-11-14-25(15-12-17)30(28,29)20-8-6-19(7-9-20)18-4-2-1-3-5-18/h1-9,17,21,26H,10-16,23H2,(H,24,27). The summed E-state index contributed by atoms with van der Waals surface area (Å²) < 4.78 is 27.5. The quantitative estimate of drug-likeness (QED) is 0.587. The average Bonchev–Trinajstić information content (AvgIpc) is 2.78. The van der Waals surface area contributed by atoms with E-state index in [9.17, 15) is 18.3 Å². The highest BCUT2D eigenvalue weighted by molar-refractivity contribution is 7.89. The van der Waals surface area contributed by atoms with Crippen molar-refractivity contribution in [2.75, 3.05) is 26.2 Å². The van der Waals surface area contributed by atoms with Gasteiger partial charge in [-0.05, 0) is 55.0 Å². The van der Waals surface area contributed by atoms with Crippen molar-refractivity contribution in [2.24, 2.45) is 11.7 Å². The van der Waals surface area contributed by atoms with Gasteiger partial charge in [0.1, 0.15) is 6.10 Å². The fourth-order valence-electron chi connectivity index (χ4n) is 3.60. The second-order valence-corrected chi connectivity index (χ2v) is 9.51. The van der Waals surface area contributed by atoms with Crippen LogP contribution < -0.4 is 11.1 Å². The Bertz CT molecular complexity index is 925. The number of nitrogens with one attached hydrogen (secondary N) is 1. The highest BCUT2D eigenvalue weighted by Crippen LogP contribution is 2.26. The highest BCUT2D eigenvalue weighted by Gasteiger charge is 2.29. The van der Waals surface area contributed by atoms with E-state index in [0.29, 0.717) is 37.4 Å². The van der Waals surface area contributed by atoms with E-state index < -0.39 is 22.0 Å². The van der Waals surface area contributed by atoms with E-state index >= 15 is 0 Å². The number of amides is 1. The molecule has 1 unspecified atom stereocenters. The Kier molecular flexibility index (Phi) is 7.60. The van der Waals surface area contributed by atoms with Gasteiger partial charge in [0, 0.05) is 19.6 Å². The van der Waals surface area contributed by atoms with E-state index in [2.05, 4.69) is 5.32 Å². The molecular weight excluding hydrogens is 402 g/mol. The maximum atomic E-state index is 13.0. The van der Waals surface area contributed by atoms with E-state index in [0.717, 1.165) is 11.1 Å². The van der Waals surface area contributed by atoms with Gasteiger partial charge < -0.3 is 16.2 Å². The molecule has 8 heteroatoms. The first kappa shape index (κ1) is 22.4. The molecule has 0 bridgehead atoms. The van der Waals surface area contributed by atoms with Crippen LogP contribution in [0.5, 0.6) is 0 Å². The maximum absolute atomic E-state index is 13.0. The second kappa shape index (κ2) is 10.2. The van der Waals surface area contributed by atoms with Crippen LogP contribution in [0.25, 0.3) is 11.1 Å². The van der Waals surface area contributed by atoms with Gasteiger partial charge in [0.2, 0.25) is 15.9 Å². The number of hydrogen-bond donors (Lipinski definition) is 3. The zero-order valence-corrected chi connectivity index (χ0v) is 17.7. The molecule has 162 valence electrons. The van der Waals surface area contributed by atoms with Crippen molar-refractivity contribution in [2.45, 2.75) is 30.3 Å². The summed E-state index contributed by atoms with van der Waals surface area (Å²) in [5.41, 5.74) is 7.36. The predicted molar refractivity (Wildman–Crippen MR) is 116 cm³/mol. The summed E-state index contributed by atoms with van der Waals surface area (Å²) in [7, 11) is -3.54. The first-order valence-corrected chi connectivity index (χ1v) is 11.7. The Morgan fingerprint density at radius 2 is 1.67 bits per heavy atom. The lowest BCUT2D eigenvalue weighted by molar-refractivity contribution is -0.129. The molecule has 4 N–H and O–H groups in total. The lowest BCUT2D eigenvalue weighted by Gasteiger charge is -2.31. The SMILES string of the molecule is NCCC(O)C(=O)NCC1CCN(S(=O)(=O)c2ccc(-c3ccccc3)cc2)CC1. The first-order chi connectivity index (χ1) is 14.4. The number of aliphatic hydroxyl groups is 1. The molecule has 2 aromatic carbocycles. The summed E-state index contributed by atoms with van der Waals surface area (Å²) in [5, 5.41) is 12.4. The Morgan fingerprint density at radius 3 is 2.27 bits per heavy atom. The number of benzene rings is 2. The molecule has 0 aliphatic carbocycles. The summed E-state index contributed by atoms with van der Waals surface area (Å²) in [6.45, 7) is 1.50. The van der Waals surface area contributed by atoms with E-state index in [4.69, 9.17) is 5.73 Å². The van der Waals surface area contributed by atoms with Crippen molar-refractivity contribution in [1.29, 1.82) is 0 Å². The molecule has 1 amide bonds. The molecular formula is C22H29N3O4S. The molecule has 1 saturated heterocycles. The van der Waals surface area contributed by atoms with E-state index in [1.165, 1.54) is 4.31 Å². The topological polar surface area (TPSA) is 113 Å². The lowest BCUT2D eigenvalue weighted by atomic mass is 9.98. The van der Waals surface area contributed by atoms with E-state index in [1.807, 2.05) is 42.5 Å². The van der Waals surface area contributed by atoms with Crippen molar-refractivity contribution < 1.29 is 18.3 Å². The number of carbonyl (C=O) groups is 1. The molecule has 1 fully saturated rings. The molecule has 0 saturated carbocycles. The third-order valence-electron chi connectivity index (χ3n) is 5.48. The molecule has 2 aromatic rings. The highest BCUT2D eigenvalue weighted by atomic mass is 32.2. The van der Waals surface area contributed by atoms with E-state index in [1.54, 1.807) is 12.1 Å². The number of hydrogen-bond acceptors (Lipinski definition) is 5. The van der Waals surface area contributed by atoms with Gasteiger partial charge in [0.25, 0.3) is 0 Å². The maximum Gasteiger partial charge on any atom is 0.248 e. The number of nitrogens with two attached hydrogens (primary N) is 1. The molecule has 0 spiro atoms. The number of sulfonamides is 1. The van der Waals surface area contributed by atoms with Crippen LogP contribution in [-0.4, -0.2) is 56.0 Å². The summed E-state index contributed by atoms with van der Waals surface area (Å²) >= 11 is 0. The Morgan fingerprint density at radius 1 is 1.07 bits per heavy atom. The van der Waals surface area contributed by atoms with Crippen molar-refractivity contribution in [3.8, 4) is 11.1 Å². The van der Waals surface area contributed by atoms with Gasteiger partial charge in [0.05, 0.1) is 4.90 Å². The zero-order chi connectivity index (χ0) is 21.6. The predicted octanol–water partition coefficient (Wildman–Crippen LogP) is 1.58. The molecule has 7 nitrogen and oxygen atoms in total. The molecule has 30 heavy (non-hydrogen) atoms. The number of aliphatic hydroxyl groups excluding tert-OH is 1. The molecule has 1 heterocycles. The average molecular weight is 432 g/mol. The van der Waals surface area contributed by atoms with Gasteiger partial charge in [-0.2, -0.15) is 4.31 Å². The second-order valence-electron chi connectivity index (χ2n) is 7.58. The summed E-state index contributed by atoms with van der Waals surface area (Å²) in [6.07, 6.45) is 0.462. The number of rotatable bonds is 8. The number of piperidine rings is 1. The number of carbonyl (C=O) groups excluding carboxylic acids is 1.